The van der Waals surface area contributed by atoms with Gasteiger partial charge in [-0.25, -0.2) is 0 Å². The van der Waals surface area contributed by atoms with Crippen molar-refractivity contribution < 1.29 is 8.42 Å². The van der Waals surface area contributed by atoms with E-state index < -0.39 is 10.0 Å². The number of nitrogens with zero attached hydrogens (tertiary/aromatic N) is 1. The van der Waals surface area contributed by atoms with Crippen LogP contribution in [-0.2, 0) is 23.0 Å². The molecule has 0 unspecified atom stereocenters. The third-order valence-electron chi connectivity index (χ3n) is 2.90. The van der Waals surface area contributed by atoms with Gasteiger partial charge in [0.1, 0.15) is 0 Å². The predicted octanol–water partition coefficient (Wildman–Crippen LogP) is 1.49. The second-order valence-electron chi connectivity index (χ2n) is 4.41. The van der Waals surface area contributed by atoms with Crippen LogP contribution in [0.25, 0.3) is 0 Å². The Bertz CT molecular complexity index is 679. The fourth-order valence-corrected chi connectivity index (χ4v) is 3.09. The monoisotopic (exact) mass is 294 g/mol. The second kappa shape index (κ2) is 6.06. The van der Waals surface area contributed by atoms with Gasteiger partial charge in [-0.3, -0.25) is 9.82 Å². The summed E-state index contributed by atoms with van der Waals surface area (Å²) in [6.45, 7) is 2.45. The molecule has 7 heteroatoms. The highest BCUT2D eigenvalue weighted by Crippen LogP contribution is 2.18. The minimum Gasteiger partial charge on any atom is -0.316 e. The molecule has 108 valence electrons. The molecule has 0 saturated heterocycles. The van der Waals surface area contributed by atoms with Gasteiger partial charge in [0.15, 0.2) is 5.03 Å². The number of aryl methyl sites for hydroxylation is 1. The largest absolute Gasteiger partial charge is 0.316 e. The summed E-state index contributed by atoms with van der Waals surface area (Å²) in [4.78, 5) is 0. The van der Waals surface area contributed by atoms with E-state index in [1.54, 1.807) is 13.1 Å². The van der Waals surface area contributed by atoms with Crippen LogP contribution in [-0.4, -0.2) is 25.7 Å². The lowest BCUT2D eigenvalue weighted by Gasteiger charge is -2.09. The van der Waals surface area contributed by atoms with Gasteiger partial charge in [-0.15, -0.1) is 0 Å². The van der Waals surface area contributed by atoms with Gasteiger partial charge in [0.25, 0.3) is 10.0 Å². The van der Waals surface area contributed by atoms with E-state index in [0.29, 0.717) is 17.8 Å². The maximum atomic E-state index is 12.3. The van der Waals surface area contributed by atoms with E-state index in [1.807, 2.05) is 25.1 Å². The van der Waals surface area contributed by atoms with Crippen LogP contribution in [0.2, 0.25) is 0 Å². The maximum Gasteiger partial charge on any atom is 0.279 e. The normalized spacial score (nSPS) is 11.5. The quantitative estimate of drug-likeness (QED) is 0.753. The van der Waals surface area contributed by atoms with Gasteiger partial charge in [-0.2, -0.15) is 13.5 Å². The van der Waals surface area contributed by atoms with Crippen LogP contribution in [0, 0.1) is 0 Å². The van der Waals surface area contributed by atoms with Crippen LogP contribution >= 0.6 is 0 Å². The first kappa shape index (κ1) is 14.5. The van der Waals surface area contributed by atoms with Crippen molar-refractivity contribution in [1.82, 2.24) is 15.5 Å². The van der Waals surface area contributed by atoms with Crippen LogP contribution in [0.15, 0.2) is 35.5 Å². The molecule has 2 aromatic rings. The summed E-state index contributed by atoms with van der Waals surface area (Å²) in [5.74, 6) is 0. The molecule has 0 saturated carbocycles. The van der Waals surface area contributed by atoms with E-state index in [0.717, 1.165) is 12.0 Å². The van der Waals surface area contributed by atoms with Gasteiger partial charge in [-0.05, 0) is 31.2 Å². The first-order chi connectivity index (χ1) is 9.56. The Hall–Kier alpha value is -1.86. The average molecular weight is 294 g/mol. The van der Waals surface area contributed by atoms with Crippen LogP contribution < -0.4 is 10.0 Å². The molecule has 0 bridgehead atoms. The van der Waals surface area contributed by atoms with Crippen molar-refractivity contribution in [2.24, 2.45) is 0 Å². The van der Waals surface area contributed by atoms with Crippen molar-refractivity contribution in [3.8, 4) is 0 Å². The van der Waals surface area contributed by atoms with Gasteiger partial charge in [-0.1, -0.05) is 19.1 Å². The van der Waals surface area contributed by atoms with Crippen LogP contribution in [0.3, 0.4) is 0 Å². The summed E-state index contributed by atoms with van der Waals surface area (Å²) in [5, 5.41) is 9.34. The Kier molecular flexibility index (Phi) is 4.41. The molecular formula is C13H18N4O2S. The molecular weight excluding hydrogens is 276 g/mol. The molecule has 0 atom stereocenters. The highest BCUT2D eigenvalue weighted by Gasteiger charge is 2.20. The molecule has 3 N–H and O–H groups in total. The number of H-pyrrole nitrogens is 1. The van der Waals surface area contributed by atoms with E-state index in [-0.39, 0.29) is 5.03 Å². The third-order valence-corrected chi connectivity index (χ3v) is 4.30. The summed E-state index contributed by atoms with van der Waals surface area (Å²) in [6, 6.07) is 7.34. The molecule has 0 spiro atoms. The zero-order valence-electron chi connectivity index (χ0n) is 11.5. The van der Waals surface area contributed by atoms with E-state index in [2.05, 4.69) is 20.2 Å². The van der Waals surface area contributed by atoms with E-state index in [1.165, 1.54) is 6.20 Å². The fourth-order valence-electron chi connectivity index (χ4n) is 1.91. The number of aromatic nitrogens is 2. The van der Waals surface area contributed by atoms with Crippen molar-refractivity contribution in [3.63, 3.8) is 0 Å². The maximum absolute atomic E-state index is 12.3. The number of sulfonamides is 1. The molecule has 1 aromatic heterocycles. The third kappa shape index (κ3) is 3.17. The highest BCUT2D eigenvalue weighted by atomic mass is 32.2. The summed E-state index contributed by atoms with van der Waals surface area (Å²) >= 11 is 0. The smallest absolute Gasteiger partial charge is 0.279 e. The minimum absolute atomic E-state index is 0.0914. The number of benzene rings is 1. The second-order valence-corrected chi connectivity index (χ2v) is 6.03. The van der Waals surface area contributed by atoms with Crippen molar-refractivity contribution in [3.05, 3.63) is 41.6 Å². The molecule has 0 aliphatic heterocycles. The van der Waals surface area contributed by atoms with Crippen LogP contribution in [0.4, 0.5) is 5.69 Å². The first-order valence-electron chi connectivity index (χ1n) is 6.35. The Morgan fingerprint density at radius 2 is 2.15 bits per heavy atom. The predicted molar refractivity (Wildman–Crippen MR) is 78.0 cm³/mol. The highest BCUT2D eigenvalue weighted by molar-refractivity contribution is 7.92. The average Bonchev–Trinajstić information content (AvgIpc) is 2.88. The number of hydrogen-bond acceptors (Lipinski definition) is 4. The fraction of sp³-hybridized carbons (Fsp3) is 0.308. The summed E-state index contributed by atoms with van der Waals surface area (Å²) < 4.78 is 27.3. The Labute approximate surface area is 118 Å². The first-order valence-corrected chi connectivity index (χ1v) is 7.83. The lowest BCUT2D eigenvalue weighted by Crippen LogP contribution is -2.17. The van der Waals surface area contributed by atoms with E-state index in [4.69, 9.17) is 0 Å². The minimum atomic E-state index is -3.66. The van der Waals surface area contributed by atoms with Gasteiger partial charge >= 0.3 is 0 Å². The summed E-state index contributed by atoms with van der Waals surface area (Å²) in [5.41, 5.74) is 2.23. The molecule has 2 rings (SSSR count). The topological polar surface area (TPSA) is 86.9 Å². The van der Waals surface area contributed by atoms with Gasteiger partial charge in [0.05, 0.1) is 6.20 Å². The number of hydrogen-bond donors (Lipinski definition) is 3. The Morgan fingerprint density at radius 1 is 1.35 bits per heavy atom. The van der Waals surface area contributed by atoms with Crippen molar-refractivity contribution in [1.29, 1.82) is 0 Å². The molecule has 1 aromatic carbocycles. The van der Waals surface area contributed by atoms with Gasteiger partial charge in [0.2, 0.25) is 0 Å². The van der Waals surface area contributed by atoms with Crippen LogP contribution in [0.1, 0.15) is 18.1 Å². The molecule has 20 heavy (non-hydrogen) atoms. The summed E-state index contributed by atoms with van der Waals surface area (Å²) in [7, 11) is -1.90. The van der Waals surface area contributed by atoms with Gasteiger partial charge in [0, 0.05) is 17.8 Å². The lowest BCUT2D eigenvalue weighted by molar-refractivity contribution is 0.595. The van der Waals surface area contributed by atoms with Gasteiger partial charge < -0.3 is 5.32 Å². The number of nitrogens with one attached hydrogen (secondary N) is 3. The lowest BCUT2D eigenvalue weighted by atomic mass is 10.1. The van der Waals surface area contributed by atoms with Crippen molar-refractivity contribution >= 4 is 15.7 Å². The number of aromatic amines is 1. The molecule has 0 aliphatic rings. The van der Waals surface area contributed by atoms with E-state index in [9.17, 15) is 8.42 Å². The van der Waals surface area contributed by atoms with Crippen molar-refractivity contribution in [2.45, 2.75) is 24.9 Å². The van der Waals surface area contributed by atoms with E-state index >= 15 is 0 Å². The Balaban J connectivity index is 2.28. The van der Waals surface area contributed by atoms with Crippen LogP contribution in [0.5, 0.6) is 0 Å². The summed E-state index contributed by atoms with van der Waals surface area (Å²) in [6.07, 6.45) is 2.36. The molecule has 6 nitrogen and oxygen atoms in total. The standard InChI is InChI=1S/C13H18N4O2S/c1-3-10-5-4-6-12(7-10)17-20(18,19)13-11(8-14-2)9-15-16-13/h4-7,9,14,17H,3,8H2,1-2H3,(H,15,16). The zero-order valence-corrected chi connectivity index (χ0v) is 12.3. The molecule has 0 radical (unpaired) electrons. The molecule has 0 aliphatic carbocycles. The SMILES string of the molecule is CCc1cccc(NS(=O)(=O)c2[nH]ncc2CNC)c1. The van der Waals surface area contributed by atoms with Crippen molar-refractivity contribution in [2.75, 3.05) is 11.8 Å². The molecule has 0 amide bonds. The zero-order chi connectivity index (χ0) is 14.6. The molecule has 1 heterocycles. The number of anilines is 1. The molecule has 0 fully saturated rings. The Morgan fingerprint density at radius 3 is 2.85 bits per heavy atom. The number of rotatable bonds is 6.